The van der Waals surface area contributed by atoms with E-state index in [0.717, 1.165) is 5.65 Å². The Morgan fingerprint density at radius 2 is 1.50 bits per heavy atom. The molecule has 0 aliphatic heterocycles. The molecule has 0 saturated carbocycles. The van der Waals surface area contributed by atoms with Crippen molar-refractivity contribution in [2.75, 3.05) is 0 Å². The summed E-state index contributed by atoms with van der Waals surface area (Å²) in [6.07, 6.45) is 13.6. The zero-order valence-electron chi connectivity index (χ0n) is 14.4. The number of aromatic nitrogens is 4. The van der Waals surface area contributed by atoms with Crippen molar-refractivity contribution in [2.24, 2.45) is 0 Å². The summed E-state index contributed by atoms with van der Waals surface area (Å²) in [6.45, 7) is 6.93. The fourth-order valence-corrected chi connectivity index (χ4v) is 19.3. The van der Waals surface area contributed by atoms with Crippen LogP contribution in [0.15, 0.2) is 18.7 Å². The van der Waals surface area contributed by atoms with Gasteiger partial charge in [-0.1, -0.05) is 0 Å². The molecule has 2 heterocycles. The second-order valence-corrected chi connectivity index (χ2v) is 19.5. The van der Waals surface area contributed by atoms with Crippen LogP contribution in [0.25, 0.3) is 5.65 Å². The summed E-state index contributed by atoms with van der Waals surface area (Å²) < 4.78 is 7.90. The number of fused-ring (bicyclic) bond motifs is 1. The van der Waals surface area contributed by atoms with Crippen LogP contribution < -0.4 is 3.71 Å². The van der Waals surface area contributed by atoms with Crippen molar-refractivity contribution in [3.8, 4) is 0 Å². The molecule has 0 fully saturated rings. The van der Waals surface area contributed by atoms with Crippen LogP contribution in [-0.4, -0.2) is 38.0 Å². The van der Waals surface area contributed by atoms with Crippen molar-refractivity contribution >= 4 is 27.7 Å². The monoisotopic (exact) mass is 410 g/mol. The number of rotatable bonds is 10. The average molecular weight is 409 g/mol. The quantitative estimate of drug-likeness (QED) is 0.553. The molecule has 122 valence electrons. The van der Waals surface area contributed by atoms with Gasteiger partial charge in [0.1, 0.15) is 0 Å². The second kappa shape index (κ2) is 8.84. The van der Waals surface area contributed by atoms with Gasteiger partial charge in [0, 0.05) is 0 Å². The van der Waals surface area contributed by atoms with Crippen LogP contribution in [0.5, 0.6) is 0 Å². The molecule has 2 aromatic heterocycles. The van der Waals surface area contributed by atoms with Gasteiger partial charge in [-0.25, -0.2) is 0 Å². The van der Waals surface area contributed by atoms with Crippen molar-refractivity contribution in [1.29, 1.82) is 0 Å². The van der Waals surface area contributed by atoms with E-state index in [2.05, 4.69) is 46.6 Å². The molecule has 0 spiro atoms. The molecule has 0 amide bonds. The van der Waals surface area contributed by atoms with Crippen LogP contribution in [-0.2, 0) is 0 Å². The average Bonchev–Trinajstić information content (AvgIpc) is 3.03. The Kier molecular flexibility index (Phi) is 7.12. The first kappa shape index (κ1) is 17.7. The van der Waals surface area contributed by atoms with Crippen molar-refractivity contribution in [2.45, 2.75) is 72.6 Å². The van der Waals surface area contributed by atoms with E-state index in [1.165, 1.54) is 55.5 Å². The molecule has 0 N–H and O–H groups in total. The first-order valence-electron chi connectivity index (χ1n) is 8.91. The van der Waals surface area contributed by atoms with Gasteiger partial charge >= 0.3 is 139 Å². The van der Waals surface area contributed by atoms with E-state index >= 15 is 0 Å². The van der Waals surface area contributed by atoms with Crippen molar-refractivity contribution < 1.29 is 0 Å². The maximum atomic E-state index is 4.53. The zero-order chi connectivity index (χ0) is 15.8. The molecule has 2 aromatic rings. The van der Waals surface area contributed by atoms with Gasteiger partial charge in [-0.15, -0.1) is 0 Å². The summed E-state index contributed by atoms with van der Waals surface area (Å²) in [5, 5.41) is 4.53. The molecule has 0 atom stereocenters. The Balaban J connectivity index is 2.45. The molecule has 0 aromatic carbocycles. The van der Waals surface area contributed by atoms with Gasteiger partial charge in [-0.2, -0.15) is 0 Å². The first-order chi connectivity index (χ1) is 10.8. The summed E-state index contributed by atoms with van der Waals surface area (Å²) in [5.41, 5.74) is 0.920. The van der Waals surface area contributed by atoms with E-state index in [-0.39, 0.29) is 0 Å². The number of nitrogens with zero attached hydrogens (tertiary/aromatic N) is 4. The second-order valence-electron chi connectivity index (χ2n) is 6.41. The molecule has 0 aliphatic rings. The van der Waals surface area contributed by atoms with E-state index in [0.29, 0.717) is 0 Å². The number of hydrogen-bond acceptors (Lipinski definition) is 3. The third kappa shape index (κ3) is 4.00. The van der Waals surface area contributed by atoms with E-state index in [9.17, 15) is 0 Å². The minimum absolute atomic E-state index is 0.920. The zero-order valence-corrected chi connectivity index (χ0v) is 17.2. The van der Waals surface area contributed by atoms with E-state index < -0.39 is 18.4 Å². The predicted molar refractivity (Wildman–Crippen MR) is 95.3 cm³/mol. The van der Waals surface area contributed by atoms with Gasteiger partial charge in [0.25, 0.3) is 0 Å². The van der Waals surface area contributed by atoms with Gasteiger partial charge in [-0.05, 0) is 0 Å². The number of hydrogen-bond donors (Lipinski definition) is 0. The van der Waals surface area contributed by atoms with Crippen molar-refractivity contribution in [3.63, 3.8) is 0 Å². The Morgan fingerprint density at radius 3 is 2.05 bits per heavy atom. The Morgan fingerprint density at radius 1 is 0.909 bits per heavy atom. The summed E-state index contributed by atoms with van der Waals surface area (Å²) in [5.74, 6) is 0. The third-order valence-corrected chi connectivity index (χ3v) is 20.1. The molecule has 0 bridgehead atoms. The van der Waals surface area contributed by atoms with Gasteiger partial charge < -0.3 is 0 Å². The molecule has 0 aliphatic carbocycles. The molecule has 0 saturated heterocycles. The van der Waals surface area contributed by atoms with Gasteiger partial charge in [0.05, 0.1) is 0 Å². The Labute approximate surface area is 138 Å². The molecular formula is C17H30N4Sn. The van der Waals surface area contributed by atoms with Crippen LogP contribution in [0.3, 0.4) is 0 Å². The van der Waals surface area contributed by atoms with E-state index in [1.807, 2.05) is 6.20 Å². The summed E-state index contributed by atoms with van der Waals surface area (Å²) >= 11 is -2.47. The standard InChI is InChI=1S/C5H3N4.3C4H9.Sn/c1-2-9-5(3-6-1)7-4-8-9;3*1-3-4-2;/h1,3-4H;3*1,3-4H2,2H3;. The van der Waals surface area contributed by atoms with Crippen LogP contribution >= 0.6 is 0 Å². The van der Waals surface area contributed by atoms with Gasteiger partial charge in [0.2, 0.25) is 0 Å². The number of unbranched alkanes of at least 4 members (excludes halogenated alkanes) is 3. The Hall–Kier alpha value is -0.651. The molecule has 5 heteroatoms. The Bertz CT molecular complexity index is 545. The van der Waals surface area contributed by atoms with E-state index in [1.54, 1.807) is 6.33 Å². The molecular weight excluding hydrogens is 379 g/mol. The molecule has 22 heavy (non-hydrogen) atoms. The van der Waals surface area contributed by atoms with E-state index in [4.69, 9.17) is 0 Å². The maximum absolute atomic E-state index is 4.53. The minimum atomic E-state index is -2.47. The first-order valence-corrected chi connectivity index (χ1v) is 16.4. The van der Waals surface area contributed by atoms with Crippen molar-refractivity contribution in [3.05, 3.63) is 18.7 Å². The fourth-order valence-electron chi connectivity index (χ4n) is 3.42. The van der Waals surface area contributed by atoms with Gasteiger partial charge in [-0.3, -0.25) is 0 Å². The van der Waals surface area contributed by atoms with Crippen LogP contribution in [0.4, 0.5) is 0 Å². The van der Waals surface area contributed by atoms with Crippen LogP contribution in [0.1, 0.15) is 59.3 Å². The van der Waals surface area contributed by atoms with Crippen LogP contribution in [0.2, 0.25) is 13.3 Å². The molecule has 0 unspecified atom stereocenters. The van der Waals surface area contributed by atoms with Gasteiger partial charge in [0.15, 0.2) is 0 Å². The molecule has 0 radical (unpaired) electrons. The molecule has 2 rings (SSSR count). The molecule has 4 nitrogen and oxygen atoms in total. The summed E-state index contributed by atoms with van der Waals surface area (Å²) in [6, 6.07) is 0. The van der Waals surface area contributed by atoms with Crippen LogP contribution in [0, 0.1) is 0 Å². The fraction of sp³-hybridized carbons (Fsp3) is 0.706. The summed E-state index contributed by atoms with van der Waals surface area (Å²) in [7, 11) is 0. The summed E-state index contributed by atoms with van der Waals surface area (Å²) in [4.78, 5) is 8.86. The normalized spacial score (nSPS) is 12.1. The SMILES string of the molecule is CCC[CH2][Sn]([CH2]CCC)([CH2]CCC)[c]1cncc2ncnn12. The topological polar surface area (TPSA) is 43.1 Å². The van der Waals surface area contributed by atoms with Crippen molar-refractivity contribution in [1.82, 2.24) is 19.6 Å². The third-order valence-electron chi connectivity index (χ3n) is 4.76. The predicted octanol–water partition coefficient (Wildman–Crippen LogP) is 4.18.